The van der Waals surface area contributed by atoms with Crippen molar-refractivity contribution in [2.24, 2.45) is 0 Å². The summed E-state index contributed by atoms with van der Waals surface area (Å²) < 4.78 is 49.2. The first kappa shape index (κ1) is 15.0. The summed E-state index contributed by atoms with van der Waals surface area (Å²) in [6.45, 7) is -0.0307. The highest BCUT2D eigenvalue weighted by atomic mass is 19.4. The minimum atomic E-state index is -4.52. The van der Waals surface area contributed by atoms with E-state index in [0.29, 0.717) is 11.3 Å². The maximum Gasteiger partial charge on any atom is 0.420 e. The van der Waals surface area contributed by atoms with Crippen LogP contribution in [0, 0.1) is 0 Å². The Hall–Kier alpha value is -2.37. The van der Waals surface area contributed by atoms with Crippen molar-refractivity contribution in [2.45, 2.75) is 12.8 Å². The predicted molar refractivity (Wildman–Crippen MR) is 73.2 cm³/mol. The van der Waals surface area contributed by atoms with Gasteiger partial charge in [0.15, 0.2) is 0 Å². The molecule has 2 N–H and O–H groups in total. The second kappa shape index (κ2) is 5.95. The molecule has 0 amide bonds. The lowest BCUT2D eigenvalue weighted by molar-refractivity contribution is -0.139. The summed E-state index contributed by atoms with van der Waals surface area (Å²) in [5.74, 6) is 0.295. The highest BCUT2D eigenvalue weighted by molar-refractivity contribution is 5.49. The molecule has 0 atom stereocenters. The Morgan fingerprint density at radius 2 is 1.76 bits per heavy atom. The summed E-state index contributed by atoms with van der Waals surface area (Å²) in [4.78, 5) is 0. The molecule has 2 aromatic carbocycles. The molecule has 2 rings (SSSR count). The number of anilines is 1. The largest absolute Gasteiger partial charge is 0.496 e. The van der Waals surface area contributed by atoms with Crippen LogP contribution in [0.25, 0.3) is 0 Å². The zero-order chi connectivity index (χ0) is 15.5. The van der Waals surface area contributed by atoms with Crippen molar-refractivity contribution in [3.8, 4) is 11.5 Å². The predicted octanol–water partition coefficient (Wildman–Crippen LogP) is 3.88. The van der Waals surface area contributed by atoms with Gasteiger partial charge in [0.05, 0.1) is 12.7 Å². The van der Waals surface area contributed by atoms with Crippen LogP contribution in [-0.2, 0) is 12.8 Å². The van der Waals surface area contributed by atoms with Gasteiger partial charge in [-0.15, -0.1) is 0 Å². The first-order chi connectivity index (χ1) is 9.91. The number of para-hydroxylation sites is 1. The lowest BCUT2D eigenvalue weighted by Gasteiger charge is -2.15. The molecule has 112 valence electrons. The standard InChI is InChI=1S/C15H14F3NO2/c1-20-13-5-3-2-4-10(13)9-21-14-7-6-11(19)8-12(14)15(16,17)18/h2-8H,9,19H2,1H3. The van der Waals surface area contributed by atoms with Crippen LogP contribution in [0.15, 0.2) is 42.5 Å². The maximum absolute atomic E-state index is 12.9. The van der Waals surface area contributed by atoms with E-state index < -0.39 is 11.7 Å². The third-order valence-corrected chi connectivity index (χ3v) is 2.88. The fourth-order valence-electron chi connectivity index (χ4n) is 1.87. The number of alkyl halides is 3. The normalized spacial score (nSPS) is 11.2. The SMILES string of the molecule is COc1ccccc1COc1ccc(N)cc1C(F)(F)F. The number of ether oxygens (including phenoxy) is 2. The van der Waals surface area contributed by atoms with Crippen LogP contribution >= 0.6 is 0 Å². The Bertz CT molecular complexity index is 627. The summed E-state index contributed by atoms with van der Waals surface area (Å²) in [6, 6.07) is 10.4. The molecule has 0 radical (unpaired) electrons. The summed E-state index contributed by atoms with van der Waals surface area (Å²) in [5.41, 5.74) is 5.20. The maximum atomic E-state index is 12.9. The molecule has 3 nitrogen and oxygen atoms in total. The molecule has 2 aromatic rings. The van der Waals surface area contributed by atoms with Gasteiger partial charge in [0.2, 0.25) is 0 Å². The number of nitrogen functional groups attached to an aromatic ring is 1. The van der Waals surface area contributed by atoms with Gasteiger partial charge in [-0.1, -0.05) is 18.2 Å². The Labute approximate surface area is 120 Å². The van der Waals surface area contributed by atoms with Crippen LogP contribution in [0.5, 0.6) is 11.5 Å². The number of nitrogens with two attached hydrogens (primary N) is 1. The summed E-state index contributed by atoms with van der Waals surface area (Å²) in [5, 5.41) is 0. The van der Waals surface area contributed by atoms with E-state index in [9.17, 15) is 13.2 Å². The van der Waals surface area contributed by atoms with E-state index in [2.05, 4.69) is 0 Å². The monoisotopic (exact) mass is 297 g/mol. The molecule has 0 unspecified atom stereocenters. The van der Waals surface area contributed by atoms with E-state index in [4.69, 9.17) is 15.2 Å². The third kappa shape index (κ3) is 3.59. The molecule has 0 aliphatic rings. The molecular formula is C15H14F3NO2. The van der Waals surface area contributed by atoms with Gasteiger partial charge in [0.1, 0.15) is 18.1 Å². The molecular weight excluding hydrogens is 283 g/mol. The minimum Gasteiger partial charge on any atom is -0.496 e. The van der Waals surface area contributed by atoms with Gasteiger partial charge in [-0.05, 0) is 24.3 Å². The third-order valence-electron chi connectivity index (χ3n) is 2.88. The number of hydrogen-bond acceptors (Lipinski definition) is 3. The summed E-state index contributed by atoms with van der Waals surface area (Å²) in [7, 11) is 1.49. The Kier molecular flexibility index (Phi) is 4.26. The number of benzene rings is 2. The molecule has 0 aliphatic heterocycles. The lowest BCUT2D eigenvalue weighted by Crippen LogP contribution is -2.09. The van der Waals surface area contributed by atoms with Crippen molar-refractivity contribution in [1.82, 2.24) is 0 Å². The van der Waals surface area contributed by atoms with E-state index in [-0.39, 0.29) is 18.0 Å². The van der Waals surface area contributed by atoms with Crippen LogP contribution in [-0.4, -0.2) is 7.11 Å². The van der Waals surface area contributed by atoms with Crippen LogP contribution in [0.4, 0.5) is 18.9 Å². The average molecular weight is 297 g/mol. The van der Waals surface area contributed by atoms with Crippen LogP contribution < -0.4 is 15.2 Å². The van der Waals surface area contributed by atoms with Gasteiger partial charge in [-0.2, -0.15) is 13.2 Å². The van der Waals surface area contributed by atoms with Gasteiger partial charge in [0, 0.05) is 11.3 Å². The molecule has 0 aliphatic carbocycles. The number of rotatable bonds is 4. The Balaban J connectivity index is 2.24. The van der Waals surface area contributed by atoms with Crippen molar-refractivity contribution in [3.63, 3.8) is 0 Å². The zero-order valence-electron chi connectivity index (χ0n) is 11.3. The van der Waals surface area contributed by atoms with Gasteiger partial charge in [0.25, 0.3) is 0 Å². The summed E-state index contributed by atoms with van der Waals surface area (Å²) in [6.07, 6.45) is -4.52. The fourth-order valence-corrected chi connectivity index (χ4v) is 1.87. The molecule has 6 heteroatoms. The topological polar surface area (TPSA) is 44.5 Å². The fraction of sp³-hybridized carbons (Fsp3) is 0.200. The Morgan fingerprint density at radius 1 is 1.05 bits per heavy atom. The number of hydrogen-bond donors (Lipinski definition) is 1. The highest BCUT2D eigenvalue weighted by Gasteiger charge is 2.34. The lowest BCUT2D eigenvalue weighted by atomic mass is 10.1. The molecule has 0 heterocycles. The molecule has 0 fully saturated rings. The van der Waals surface area contributed by atoms with E-state index in [1.807, 2.05) is 0 Å². The van der Waals surface area contributed by atoms with E-state index in [0.717, 1.165) is 6.07 Å². The van der Waals surface area contributed by atoms with Crippen LogP contribution in [0.1, 0.15) is 11.1 Å². The highest BCUT2D eigenvalue weighted by Crippen LogP contribution is 2.37. The van der Waals surface area contributed by atoms with Crippen molar-refractivity contribution in [3.05, 3.63) is 53.6 Å². The van der Waals surface area contributed by atoms with Gasteiger partial charge < -0.3 is 15.2 Å². The van der Waals surface area contributed by atoms with Crippen molar-refractivity contribution in [1.29, 1.82) is 0 Å². The minimum absolute atomic E-state index is 0.0307. The van der Waals surface area contributed by atoms with E-state index >= 15 is 0 Å². The van der Waals surface area contributed by atoms with Gasteiger partial charge >= 0.3 is 6.18 Å². The summed E-state index contributed by atoms with van der Waals surface area (Å²) >= 11 is 0. The Morgan fingerprint density at radius 3 is 2.43 bits per heavy atom. The molecule has 0 aromatic heterocycles. The second-order valence-electron chi connectivity index (χ2n) is 4.35. The van der Waals surface area contributed by atoms with Crippen LogP contribution in [0.3, 0.4) is 0 Å². The van der Waals surface area contributed by atoms with Gasteiger partial charge in [-0.3, -0.25) is 0 Å². The smallest absolute Gasteiger partial charge is 0.420 e. The van der Waals surface area contributed by atoms with Crippen LogP contribution in [0.2, 0.25) is 0 Å². The molecule has 0 saturated carbocycles. The van der Waals surface area contributed by atoms with Gasteiger partial charge in [-0.25, -0.2) is 0 Å². The second-order valence-corrected chi connectivity index (χ2v) is 4.35. The van der Waals surface area contributed by atoms with Crippen molar-refractivity contribution >= 4 is 5.69 Å². The zero-order valence-corrected chi connectivity index (χ0v) is 11.3. The van der Waals surface area contributed by atoms with E-state index in [1.54, 1.807) is 24.3 Å². The number of halogens is 3. The molecule has 21 heavy (non-hydrogen) atoms. The quantitative estimate of drug-likeness (QED) is 0.871. The molecule has 0 saturated heterocycles. The first-order valence-corrected chi connectivity index (χ1v) is 6.13. The number of methoxy groups -OCH3 is 1. The first-order valence-electron chi connectivity index (χ1n) is 6.13. The van der Waals surface area contributed by atoms with Crippen molar-refractivity contribution < 1.29 is 22.6 Å². The van der Waals surface area contributed by atoms with Crippen molar-refractivity contribution in [2.75, 3.05) is 12.8 Å². The molecule has 0 spiro atoms. The van der Waals surface area contributed by atoms with E-state index in [1.165, 1.54) is 19.2 Å². The molecule has 0 bridgehead atoms. The average Bonchev–Trinajstić information content (AvgIpc) is 2.45.